The van der Waals surface area contributed by atoms with Gasteiger partial charge < -0.3 is 9.80 Å². The van der Waals surface area contributed by atoms with Gasteiger partial charge >= 0.3 is 0 Å². The maximum Gasteiger partial charge on any atom is 0.295 e. The van der Waals surface area contributed by atoms with Crippen LogP contribution in [0.15, 0.2) is 72.8 Å². The number of carbonyl (C=O) groups is 2. The minimum Gasteiger partial charge on any atom is -0.360 e. The molecule has 1 amide bonds. The molecule has 3 aromatic rings. The van der Waals surface area contributed by atoms with Gasteiger partial charge in [-0.3, -0.25) is 9.59 Å². The monoisotopic (exact) mass is 472 g/mol. The van der Waals surface area contributed by atoms with Crippen molar-refractivity contribution in [2.45, 2.75) is 6.04 Å². The van der Waals surface area contributed by atoms with Crippen molar-refractivity contribution in [3.63, 3.8) is 0 Å². The molecule has 0 radical (unpaired) electrons. The first-order valence-corrected chi connectivity index (χ1v) is 10.9. The number of ketones is 1. The van der Waals surface area contributed by atoms with Gasteiger partial charge in [0.15, 0.2) is 0 Å². The fraction of sp³-hybridized carbons (Fsp3) is 0.167. The second-order valence-electron chi connectivity index (χ2n) is 7.30. The zero-order valence-corrected chi connectivity index (χ0v) is 18.7. The lowest BCUT2D eigenvalue weighted by atomic mass is 10.0. The highest BCUT2D eigenvalue weighted by Crippen LogP contribution is 2.37. The molecule has 0 aliphatic carbocycles. The van der Waals surface area contributed by atoms with Crippen LogP contribution in [0.4, 0.5) is 5.69 Å². The van der Waals surface area contributed by atoms with Gasteiger partial charge in [0.25, 0.3) is 5.91 Å². The van der Waals surface area contributed by atoms with Crippen LogP contribution in [0.3, 0.4) is 0 Å². The van der Waals surface area contributed by atoms with Crippen molar-refractivity contribution in [2.24, 2.45) is 0 Å². The van der Waals surface area contributed by atoms with E-state index in [1.54, 1.807) is 41.3 Å². The second kappa shape index (κ2) is 9.31. The minimum atomic E-state index is -0.507. The van der Waals surface area contributed by atoms with Crippen LogP contribution in [-0.4, -0.2) is 36.2 Å². The third kappa shape index (κ3) is 4.72. The highest BCUT2D eigenvalue weighted by atomic mass is 35.5. The summed E-state index contributed by atoms with van der Waals surface area (Å²) in [7, 11) is 0. The van der Waals surface area contributed by atoms with Gasteiger partial charge in [-0.1, -0.05) is 77.3 Å². The van der Waals surface area contributed by atoms with Crippen LogP contribution in [-0.2, 0) is 4.79 Å². The van der Waals surface area contributed by atoms with Crippen LogP contribution < -0.4 is 4.90 Å². The van der Waals surface area contributed by atoms with E-state index in [-0.39, 0.29) is 6.04 Å². The lowest BCUT2D eigenvalue weighted by Crippen LogP contribution is -2.52. The molecule has 31 heavy (non-hydrogen) atoms. The van der Waals surface area contributed by atoms with Crippen LogP contribution in [0.1, 0.15) is 22.0 Å². The van der Waals surface area contributed by atoms with Gasteiger partial charge in [0.05, 0.1) is 16.8 Å². The van der Waals surface area contributed by atoms with E-state index in [1.165, 1.54) is 0 Å². The number of carbonyl (C=O) groups excluding carboxylic acids is 2. The van der Waals surface area contributed by atoms with Crippen molar-refractivity contribution in [3.05, 3.63) is 99.0 Å². The van der Waals surface area contributed by atoms with Crippen LogP contribution >= 0.6 is 34.8 Å². The summed E-state index contributed by atoms with van der Waals surface area (Å²) >= 11 is 18.6. The number of benzene rings is 3. The van der Waals surface area contributed by atoms with Crippen LogP contribution in [0, 0.1) is 0 Å². The summed E-state index contributed by atoms with van der Waals surface area (Å²) in [6.45, 7) is 1.26. The topological polar surface area (TPSA) is 40.6 Å². The molecule has 1 saturated heterocycles. The van der Waals surface area contributed by atoms with E-state index in [0.717, 1.165) is 11.3 Å². The molecule has 0 spiro atoms. The third-order valence-corrected chi connectivity index (χ3v) is 6.16. The van der Waals surface area contributed by atoms with Crippen molar-refractivity contribution in [3.8, 4) is 0 Å². The largest absolute Gasteiger partial charge is 0.360 e. The minimum absolute atomic E-state index is 0.197. The smallest absolute Gasteiger partial charge is 0.295 e. The average Bonchev–Trinajstić information content (AvgIpc) is 2.79. The number of amides is 1. The predicted molar refractivity (Wildman–Crippen MR) is 125 cm³/mol. The normalized spacial score (nSPS) is 16.3. The maximum absolute atomic E-state index is 13.0. The third-order valence-electron chi connectivity index (χ3n) is 5.37. The fourth-order valence-corrected chi connectivity index (χ4v) is 4.44. The molecule has 1 unspecified atom stereocenters. The Morgan fingerprint density at radius 2 is 1.48 bits per heavy atom. The zero-order chi connectivity index (χ0) is 22.0. The standard InChI is InChI=1S/C24H19Cl3N2O2/c25-18-8-6-16(7-9-18)22-15-28(24(31)23(30)17-4-2-1-3-5-17)12-13-29(22)21-11-10-19(26)14-20(21)27/h1-11,14,22H,12-13,15H2. The Balaban J connectivity index is 1.65. The summed E-state index contributed by atoms with van der Waals surface area (Å²) in [5, 5.41) is 1.72. The number of rotatable bonds is 4. The van der Waals surface area contributed by atoms with Gasteiger partial charge in [0, 0.05) is 35.2 Å². The Kier molecular flexibility index (Phi) is 6.51. The molecule has 1 aliphatic rings. The van der Waals surface area contributed by atoms with E-state index in [2.05, 4.69) is 4.90 Å². The van der Waals surface area contributed by atoms with E-state index in [1.807, 2.05) is 36.4 Å². The Bertz CT molecular complexity index is 1100. The molecule has 4 rings (SSSR count). The van der Waals surface area contributed by atoms with Crippen molar-refractivity contribution in [2.75, 3.05) is 24.5 Å². The van der Waals surface area contributed by atoms with Crippen LogP contribution in [0.25, 0.3) is 0 Å². The van der Waals surface area contributed by atoms with Crippen molar-refractivity contribution in [1.82, 2.24) is 4.90 Å². The van der Waals surface area contributed by atoms with E-state index in [4.69, 9.17) is 34.8 Å². The molecular weight excluding hydrogens is 455 g/mol. The molecule has 0 aromatic heterocycles. The van der Waals surface area contributed by atoms with Crippen LogP contribution in [0.2, 0.25) is 15.1 Å². The Hall–Kier alpha value is -2.53. The van der Waals surface area contributed by atoms with E-state index < -0.39 is 11.7 Å². The van der Waals surface area contributed by atoms with Gasteiger partial charge in [-0.05, 0) is 35.9 Å². The average molecular weight is 474 g/mol. The highest BCUT2D eigenvalue weighted by Gasteiger charge is 2.34. The molecule has 0 bridgehead atoms. The van der Waals surface area contributed by atoms with E-state index >= 15 is 0 Å². The molecule has 4 nitrogen and oxygen atoms in total. The van der Waals surface area contributed by atoms with Crippen molar-refractivity contribution < 1.29 is 9.59 Å². The Labute approximate surface area is 195 Å². The second-order valence-corrected chi connectivity index (χ2v) is 8.58. The number of halogens is 3. The Morgan fingerprint density at radius 3 is 2.16 bits per heavy atom. The number of anilines is 1. The fourth-order valence-electron chi connectivity index (χ4n) is 3.80. The lowest BCUT2D eigenvalue weighted by molar-refractivity contribution is -0.127. The molecule has 1 heterocycles. The summed E-state index contributed by atoms with van der Waals surface area (Å²) < 4.78 is 0. The molecule has 1 aliphatic heterocycles. The van der Waals surface area contributed by atoms with Gasteiger partial charge in [0.2, 0.25) is 5.78 Å². The molecule has 158 valence electrons. The molecule has 0 saturated carbocycles. The number of piperazine rings is 1. The summed E-state index contributed by atoms with van der Waals surface area (Å²) in [5.41, 5.74) is 2.19. The highest BCUT2D eigenvalue weighted by molar-refractivity contribution is 6.42. The predicted octanol–water partition coefficient (Wildman–Crippen LogP) is 5.92. The maximum atomic E-state index is 13.0. The molecular formula is C24H19Cl3N2O2. The summed E-state index contributed by atoms with van der Waals surface area (Å²) in [6, 6.07) is 21.3. The quantitative estimate of drug-likeness (QED) is 0.349. The van der Waals surface area contributed by atoms with E-state index in [9.17, 15) is 9.59 Å². The summed E-state index contributed by atoms with van der Waals surface area (Å²) in [6.07, 6.45) is 0. The molecule has 1 fully saturated rings. The SMILES string of the molecule is O=C(C(=O)N1CCN(c2ccc(Cl)cc2Cl)C(c2ccc(Cl)cc2)C1)c1ccccc1. The van der Waals surface area contributed by atoms with Crippen molar-refractivity contribution >= 4 is 52.2 Å². The molecule has 7 heteroatoms. The molecule has 1 atom stereocenters. The first-order valence-electron chi connectivity index (χ1n) is 9.80. The summed E-state index contributed by atoms with van der Waals surface area (Å²) in [4.78, 5) is 29.4. The van der Waals surface area contributed by atoms with Gasteiger partial charge in [-0.2, -0.15) is 0 Å². The first kappa shape index (κ1) is 21.7. The zero-order valence-electron chi connectivity index (χ0n) is 16.5. The summed E-state index contributed by atoms with van der Waals surface area (Å²) in [5.74, 6) is -1.01. The molecule has 0 N–H and O–H groups in total. The van der Waals surface area contributed by atoms with E-state index in [0.29, 0.717) is 40.3 Å². The van der Waals surface area contributed by atoms with Gasteiger partial charge in [-0.25, -0.2) is 0 Å². The van der Waals surface area contributed by atoms with Gasteiger partial charge in [0.1, 0.15) is 0 Å². The lowest BCUT2D eigenvalue weighted by Gasteiger charge is -2.43. The first-order chi connectivity index (χ1) is 14.9. The Morgan fingerprint density at radius 1 is 0.806 bits per heavy atom. The molecule has 3 aromatic carbocycles. The van der Waals surface area contributed by atoms with Gasteiger partial charge in [-0.15, -0.1) is 0 Å². The number of hydrogen-bond donors (Lipinski definition) is 0. The van der Waals surface area contributed by atoms with Crippen LogP contribution in [0.5, 0.6) is 0 Å². The number of hydrogen-bond acceptors (Lipinski definition) is 3. The van der Waals surface area contributed by atoms with Crippen molar-refractivity contribution in [1.29, 1.82) is 0 Å². The number of Topliss-reactive ketones (excluding diaryl/α,β-unsaturated/α-hetero) is 1. The number of nitrogens with zero attached hydrogens (tertiary/aromatic N) is 2.